The lowest BCUT2D eigenvalue weighted by Gasteiger charge is -2.22. The van der Waals surface area contributed by atoms with Gasteiger partial charge in [0.05, 0.1) is 17.0 Å². The van der Waals surface area contributed by atoms with Gasteiger partial charge in [0.15, 0.2) is 5.13 Å². The standard InChI is InChI=1S/C17H23N5OS/c1-12(2)15-14(9-18-11-19-15)16(23)21-5-4-6-22(8-7-21)17-20-13(3)10-24-17/h9-12H,4-8H2,1-3H3. The van der Waals surface area contributed by atoms with Crippen molar-refractivity contribution in [2.45, 2.75) is 33.1 Å². The van der Waals surface area contributed by atoms with Crippen molar-refractivity contribution in [3.05, 3.63) is 34.9 Å². The van der Waals surface area contributed by atoms with Gasteiger partial charge in [-0.05, 0) is 19.3 Å². The van der Waals surface area contributed by atoms with Gasteiger partial charge in [-0.15, -0.1) is 11.3 Å². The van der Waals surface area contributed by atoms with Crippen molar-refractivity contribution in [2.75, 3.05) is 31.1 Å². The molecule has 0 aromatic carbocycles. The Hall–Kier alpha value is -2.02. The highest BCUT2D eigenvalue weighted by molar-refractivity contribution is 7.13. The molecule has 3 rings (SSSR count). The van der Waals surface area contributed by atoms with Crippen LogP contribution < -0.4 is 4.90 Å². The van der Waals surface area contributed by atoms with Gasteiger partial charge in [-0.2, -0.15) is 0 Å². The van der Waals surface area contributed by atoms with Gasteiger partial charge in [0.1, 0.15) is 6.33 Å². The summed E-state index contributed by atoms with van der Waals surface area (Å²) in [5, 5.41) is 3.12. The number of anilines is 1. The Kier molecular flexibility index (Phi) is 5.08. The fraction of sp³-hybridized carbons (Fsp3) is 0.529. The Balaban J connectivity index is 1.73. The predicted molar refractivity (Wildman–Crippen MR) is 95.7 cm³/mol. The smallest absolute Gasteiger partial charge is 0.257 e. The third-order valence-electron chi connectivity index (χ3n) is 4.18. The molecule has 2 aromatic heterocycles. The fourth-order valence-electron chi connectivity index (χ4n) is 2.93. The van der Waals surface area contributed by atoms with Crippen molar-refractivity contribution < 1.29 is 4.79 Å². The average Bonchev–Trinajstić information content (AvgIpc) is 2.86. The second kappa shape index (κ2) is 7.25. The first-order chi connectivity index (χ1) is 11.6. The highest BCUT2D eigenvalue weighted by Gasteiger charge is 2.24. The normalized spacial score (nSPS) is 15.7. The summed E-state index contributed by atoms with van der Waals surface area (Å²) in [4.78, 5) is 30.1. The molecule has 128 valence electrons. The average molecular weight is 345 g/mol. The minimum Gasteiger partial charge on any atom is -0.346 e. The van der Waals surface area contributed by atoms with Crippen molar-refractivity contribution >= 4 is 22.4 Å². The largest absolute Gasteiger partial charge is 0.346 e. The number of nitrogens with zero attached hydrogens (tertiary/aromatic N) is 5. The summed E-state index contributed by atoms with van der Waals surface area (Å²) < 4.78 is 0. The lowest BCUT2D eigenvalue weighted by Crippen LogP contribution is -2.36. The summed E-state index contributed by atoms with van der Waals surface area (Å²) in [6.45, 7) is 9.30. The second-order valence-electron chi connectivity index (χ2n) is 6.38. The van der Waals surface area contributed by atoms with Crippen LogP contribution in [0.15, 0.2) is 17.9 Å². The van der Waals surface area contributed by atoms with Gasteiger partial charge >= 0.3 is 0 Å². The molecule has 0 N–H and O–H groups in total. The minimum atomic E-state index is 0.0384. The molecule has 0 bridgehead atoms. The molecular formula is C17H23N5OS. The van der Waals surface area contributed by atoms with Crippen LogP contribution in [0.5, 0.6) is 0 Å². The summed E-state index contributed by atoms with van der Waals surface area (Å²) in [7, 11) is 0. The quantitative estimate of drug-likeness (QED) is 0.856. The number of carbonyl (C=O) groups excluding carboxylic acids is 1. The minimum absolute atomic E-state index is 0.0384. The lowest BCUT2D eigenvalue weighted by atomic mass is 10.0. The maximum atomic E-state index is 12.9. The van der Waals surface area contributed by atoms with Crippen LogP contribution in [0.4, 0.5) is 5.13 Å². The number of hydrogen-bond acceptors (Lipinski definition) is 6. The molecule has 0 atom stereocenters. The molecule has 0 spiro atoms. The molecule has 6 nitrogen and oxygen atoms in total. The molecule has 0 radical (unpaired) electrons. The van der Waals surface area contributed by atoms with Gasteiger partial charge in [-0.25, -0.2) is 15.0 Å². The zero-order valence-corrected chi connectivity index (χ0v) is 15.2. The van der Waals surface area contributed by atoms with Gasteiger partial charge in [-0.1, -0.05) is 13.8 Å². The summed E-state index contributed by atoms with van der Waals surface area (Å²) >= 11 is 1.67. The Morgan fingerprint density at radius 1 is 1.25 bits per heavy atom. The zero-order valence-electron chi connectivity index (χ0n) is 14.4. The van der Waals surface area contributed by atoms with E-state index < -0.39 is 0 Å². The molecule has 0 aliphatic carbocycles. The highest BCUT2D eigenvalue weighted by atomic mass is 32.1. The Bertz CT molecular complexity index is 715. The van der Waals surface area contributed by atoms with Gasteiger partial charge in [0, 0.05) is 37.8 Å². The van der Waals surface area contributed by atoms with Crippen molar-refractivity contribution in [1.82, 2.24) is 19.9 Å². The fourth-order valence-corrected chi connectivity index (χ4v) is 3.79. The van der Waals surface area contributed by atoms with E-state index in [1.807, 2.05) is 25.7 Å². The summed E-state index contributed by atoms with van der Waals surface area (Å²) in [5.41, 5.74) is 2.51. The van der Waals surface area contributed by atoms with E-state index in [9.17, 15) is 4.79 Å². The molecule has 1 amide bonds. The van der Waals surface area contributed by atoms with Crippen LogP contribution in [0.2, 0.25) is 0 Å². The number of carbonyl (C=O) groups is 1. The maximum absolute atomic E-state index is 12.9. The molecule has 1 aliphatic heterocycles. The van der Waals surface area contributed by atoms with Crippen LogP contribution in [0.3, 0.4) is 0 Å². The third-order valence-corrected chi connectivity index (χ3v) is 5.20. The zero-order chi connectivity index (χ0) is 17.1. The van der Waals surface area contributed by atoms with Crippen LogP contribution in [0, 0.1) is 6.92 Å². The first-order valence-electron chi connectivity index (χ1n) is 8.32. The molecule has 0 unspecified atom stereocenters. The van der Waals surface area contributed by atoms with Crippen molar-refractivity contribution in [3.8, 4) is 0 Å². The van der Waals surface area contributed by atoms with Gasteiger partial charge in [-0.3, -0.25) is 4.79 Å². The summed E-state index contributed by atoms with van der Waals surface area (Å²) in [6.07, 6.45) is 4.10. The van der Waals surface area contributed by atoms with Crippen molar-refractivity contribution in [2.24, 2.45) is 0 Å². The number of thiazole rings is 1. The highest BCUT2D eigenvalue weighted by Crippen LogP contribution is 2.23. The van der Waals surface area contributed by atoms with E-state index in [1.54, 1.807) is 17.5 Å². The van der Waals surface area contributed by atoms with Crippen LogP contribution in [-0.4, -0.2) is 51.9 Å². The van der Waals surface area contributed by atoms with E-state index in [-0.39, 0.29) is 11.8 Å². The van der Waals surface area contributed by atoms with Gasteiger partial charge < -0.3 is 9.80 Å². The van der Waals surface area contributed by atoms with E-state index in [0.717, 1.165) is 42.6 Å². The molecule has 1 saturated heterocycles. The Morgan fingerprint density at radius 3 is 2.79 bits per heavy atom. The molecule has 2 aromatic rings. The summed E-state index contributed by atoms with van der Waals surface area (Å²) in [6, 6.07) is 0. The first-order valence-corrected chi connectivity index (χ1v) is 9.20. The van der Waals surface area contributed by atoms with E-state index in [2.05, 4.69) is 25.2 Å². The van der Waals surface area contributed by atoms with Crippen LogP contribution in [0.1, 0.15) is 47.9 Å². The number of rotatable bonds is 3. The van der Waals surface area contributed by atoms with Crippen LogP contribution in [0.25, 0.3) is 0 Å². The topological polar surface area (TPSA) is 62.2 Å². The first kappa shape index (κ1) is 16.8. The number of amides is 1. The predicted octanol–water partition coefficient (Wildman–Crippen LogP) is 2.72. The van der Waals surface area contributed by atoms with E-state index in [1.165, 1.54) is 6.33 Å². The third kappa shape index (κ3) is 3.56. The SMILES string of the molecule is Cc1csc(N2CCCN(C(=O)c3cncnc3C(C)C)CC2)n1. The van der Waals surface area contributed by atoms with Gasteiger partial charge in [0.25, 0.3) is 5.91 Å². The summed E-state index contributed by atoms with van der Waals surface area (Å²) in [5.74, 6) is 0.241. The van der Waals surface area contributed by atoms with Crippen LogP contribution >= 0.6 is 11.3 Å². The maximum Gasteiger partial charge on any atom is 0.257 e. The number of aromatic nitrogens is 3. The Morgan fingerprint density at radius 2 is 2.08 bits per heavy atom. The number of hydrogen-bond donors (Lipinski definition) is 0. The van der Waals surface area contributed by atoms with Gasteiger partial charge in [0.2, 0.25) is 0 Å². The van der Waals surface area contributed by atoms with E-state index >= 15 is 0 Å². The second-order valence-corrected chi connectivity index (χ2v) is 7.22. The molecule has 24 heavy (non-hydrogen) atoms. The number of aryl methyl sites for hydroxylation is 1. The molecular weight excluding hydrogens is 322 g/mol. The molecule has 1 aliphatic rings. The van der Waals surface area contributed by atoms with E-state index in [0.29, 0.717) is 12.1 Å². The Labute approximate surface area is 146 Å². The molecule has 1 fully saturated rings. The van der Waals surface area contributed by atoms with E-state index in [4.69, 9.17) is 0 Å². The van der Waals surface area contributed by atoms with Crippen molar-refractivity contribution in [3.63, 3.8) is 0 Å². The molecule has 7 heteroatoms. The molecule has 0 saturated carbocycles. The molecule has 3 heterocycles. The lowest BCUT2D eigenvalue weighted by molar-refractivity contribution is 0.0764. The monoisotopic (exact) mass is 345 g/mol. The van der Waals surface area contributed by atoms with Crippen molar-refractivity contribution in [1.29, 1.82) is 0 Å². The van der Waals surface area contributed by atoms with Crippen LogP contribution in [-0.2, 0) is 0 Å².